The topological polar surface area (TPSA) is 71.9 Å². The molecule has 0 N–H and O–H groups in total. The Kier molecular flexibility index (Phi) is 6.57. The third-order valence-corrected chi connectivity index (χ3v) is 7.88. The second-order valence-electron chi connectivity index (χ2n) is 9.40. The Morgan fingerprint density at radius 3 is 2.41 bits per heavy atom. The van der Waals surface area contributed by atoms with E-state index >= 15 is 0 Å². The number of hydrogen-bond donors (Lipinski definition) is 0. The lowest BCUT2D eigenvalue weighted by atomic mass is 10.2. The minimum atomic E-state index is -3.77. The van der Waals surface area contributed by atoms with Crippen LogP contribution < -0.4 is 4.90 Å². The maximum atomic E-state index is 13.7. The highest BCUT2D eigenvalue weighted by molar-refractivity contribution is 7.91. The maximum absolute atomic E-state index is 13.7. The van der Waals surface area contributed by atoms with Crippen molar-refractivity contribution in [2.75, 3.05) is 31.1 Å². The van der Waals surface area contributed by atoms with Crippen LogP contribution in [0.3, 0.4) is 0 Å². The molecule has 0 spiro atoms. The summed E-state index contributed by atoms with van der Waals surface area (Å²) in [6.07, 6.45) is 1.36. The lowest BCUT2D eigenvalue weighted by Gasteiger charge is -2.36. The number of piperazine rings is 1. The number of hydrogen-bond acceptors (Lipinski definition) is 5. The number of amides is 1. The number of sulfone groups is 1. The molecule has 2 heterocycles. The molecule has 0 bridgehead atoms. The van der Waals surface area contributed by atoms with E-state index in [1.165, 1.54) is 0 Å². The zero-order valence-electron chi connectivity index (χ0n) is 19.9. The average molecular weight is 504 g/mol. The third-order valence-electron chi connectivity index (χ3n) is 5.86. The molecule has 2 aromatic carbocycles. The van der Waals surface area contributed by atoms with Crippen LogP contribution in [0.25, 0.3) is 10.9 Å². The molecule has 4 rings (SSSR count). The van der Waals surface area contributed by atoms with Crippen LogP contribution in [0.4, 0.5) is 10.5 Å². The third kappa shape index (κ3) is 4.88. The van der Waals surface area contributed by atoms with Gasteiger partial charge in [-0.3, -0.25) is 0 Å². The number of nitrogens with zero attached hydrogens (tertiary/aromatic N) is 3. The van der Waals surface area contributed by atoms with Crippen LogP contribution >= 0.6 is 11.6 Å². The minimum Gasteiger partial charge on any atom is -0.444 e. The first-order valence-corrected chi connectivity index (χ1v) is 13.2. The number of benzene rings is 2. The van der Waals surface area contributed by atoms with Crippen molar-refractivity contribution in [2.24, 2.45) is 0 Å². The largest absolute Gasteiger partial charge is 0.444 e. The molecule has 0 atom stereocenters. The van der Waals surface area contributed by atoms with E-state index in [2.05, 4.69) is 4.90 Å². The number of anilines is 1. The summed E-state index contributed by atoms with van der Waals surface area (Å²) in [5.41, 5.74) is 1.10. The molecule has 1 aromatic heterocycles. The van der Waals surface area contributed by atoms with Gasteiger partial charge in [0.15, 0.2) is 0 Å². The SMILES string of the molecule is CCn1cc(S(=O)(=O)c2cccc(N3CCN(C(=O)OC(C)(C)C)CC3)c2)c2cc(Cl)ccc21. The van der Waals surface area contributed by atoms with E-state index in [9.17, 15) is 13.2 Å². The molecule has 0 saturated carbocycles. The van der Waals surface area contributed by atoms with Gasteiger partial charge in [0.05, 0.1) is 9.79 Å². The second-order valence-corrected chi connectivity index (χ2v) is 11.8. The Morgan fingerprint density at radius 1 is 1.06 bits per heavy atom. The number of halogens is 1. The molecule has 0 unspecified atom stereocenters. The number of rotatable bonds is 4. The molecule has 7 nitrogen and oxygen atoms in total. The summed E-state index contributed by atoms with van der Waals surface area (Å²) < 4.78 is 34.7. The summed E-state index contributed by atoms with van der Waals surface area (Å²) in [4.78, 5) is 16.6. The molecular formula is C25H30ClN3O4S. The van der Waals surface area contributed by atoms with Gasteiger partial charge >= 0.3 is 6.09 Å². The molecule has 9 heteroatoms. The molecule has 0 aliphatic carbocycles. The zero-order chi connectivity index (χ0) is 24.7. The van der Waals surface area contributed by atoms with E-state index in [1.807, 2.05) is 44.4 Å². The first kappa shape index (κ1) is 24.4. The molecule has 1 amide bonds. The zero-order valence-corrected chi connectivity index (χ0v) is 21.5. The van der Waals surface area contributed by atoms with Crippen LogP contribution in [0.15, 0.2) is 58.5 Å². The standard InChI is InChI=1S/C25H30ClN3O4S/c1-5-27-17-23(21-15-18(26)9-10-22(21)27)34(31,32)20-8-6-7-19(16-20)28-11-13-29(14-12-28)24(30)33-25(2,3)4/h6-10,15-17H,5,11-14H2,1-4H3. The fourth-order valence-electron chi connectivity index (χ4n) is 4.16. The van der Waals surface area contributed by atoms with Gasteiger partial charge in [-0.1, -0.05) is 17.7 Å². The number of ether oxygens (including phenoxy) is 1. The Bertz CT molecular complexity index is 1320. The van der Waals surface area contributed by atoms with Gasteiger partial charge < -0.3 is 19.1 Å². The lowest BCUT2D eigenvalue weighted by molar-refractivity contribution is 0.0240. The van der Waals surface area contributed by atoms with Crippen molar-refractivity contribution in [3.05, 3.63) is 53.7 Å². The Morgan fingerprint density at radius 2 is 1.76 bits per heavy atom. The van der Waals surface area contributed by atoms with Crippen molar-refractivity contribution in [3.8, 4) is 0 Å². The van der Waals surface area contributed by atoms with Crippen molar-refractivity contribution in [1.29, 1.82) is 0 Å². The van der Waals surface area contributed by atoms with Crippen LogP contribution in [-0.4, -0.2) is 55.8 Å². The van der Waals surface area contributed by atoms with E-state index in [0.717, 1.165) is 11.2 Å². The summed E-state index contributed by atoms with van der Waals surface area (Å²) in [5.74, 6) is 0. The Balaban J connectivity index is 1.58. The molecule has 1 saturated heterocycles. The van der Waals surface area contributed by atoms with Gasteiger partial charge in [-0.05, 0) is 64.1 Å². The molecule has 1 fully saturated rings. The predicted octanol–water partition coefficient (Wildman–Crippen LogP) is 5.20. The van der Waals surface area contributed by atoms with Crippen molar-refractivity contribution in [1.82, 2.24) is 9.47 Å². The molecule has 0 radical (unpaired) electrons. The van der Waals surface area contributed by atoms with Crippen LogP contribution in [0.5, 0.6) is 0 Å². The maximum Gasteiger partial charge on any atom is 0.410 e. The first-order valence-electron chi connectivity index (χ1n) is 11.4. The molecule has 182 valence electrons. The van der Waals surface area contributed by atoms with E-state index in [0.29, 0.717) is 43.1 Å². The van der Waals surface area contributed by atoms with E-state index < -0.39 is 15.4 Å². The summed E-state index contributed by atoms with van der Waals surface area (Å²) in [6.45, 7) is 10.4. The fraction of sp³-hybridized carbons (Fsp3) is 0.400. The highest BCUT2D eigenvalue weighted by Crippen LogP contribution is 2.33. The Hall–Kier alpha value is -2.71. The number of aryl methyl sites for hydroxylation is 1. The molecule has 3 aromatic rings. The van der Waals surface area contributed by atoms with E-state index in [1.54, 1.807) is 41.4 Å². The molecule has 34 heavy (non-hydrogen) atoms. The summed E-state index contributed by atoms with van der Waals surface area (Å²) in [5, 5.41) is 1.11. The van der Waals surface area contributed by atoms with Gasteiger partial charge in [0.1, 0.15) is 5.60 Å². The molecule has 1 aliphatic rings. The van der Waals surface area contributed by atoms with Gasteiger partial charge in [-0.2, -0.15) is 0 Å². The minimum absolute atomic E-state index is 0.231. The smallest absolute Gasteiger partial charge is 0.410 e. The van der Waals surface area contributed by atoms with E-state index in [-0.39, 0.29) is 15.9 Å². The molecule has 1 aliphatic heterocycles. The van der Waals surface area contributed by atoms with Gasteiger partial charge in [-0.15, -0.1) is 0 Å². The second kappa shape index (κ2) is 9.15. The predicted molar refractivity (Wildman–Crippen MR) is 135 cm³/mol. The van der Waals surface area contributed by atoms with Crippen LogP contribution in [0.2, 0.25) is 5.02 Å². The quantitative estimate of drug-likeness (QED) is 0.489. The first-order chi connectivity index (χ1) is 16.0. The van der Waals surface area contributed by atoms with Gasteiger partial charge in [0.25, 0.3) is 0 Å². The number of aromatic nitrogens is 1. The monoisotopic (exact) mass is 503 g/mol. The van der Waals surface area contributed by atoms with Gasteiger partial charge in [-0.25, -0.2) is 13.2 Å². The van der Waals surface area contributed by atoms with Crippen molar-refractivity contribution in [2.45, 2.75) is 49.6 Å². The normalized spacial score (nSPS) is 15.1. The highest BCUT2D eigenvalue weighted by Gasteiger charge is 2.28. The van der Waals surface area contributed by atoms with E-state index in [4.69, 9.17) is 16.3 Å². The highest BCUT2D eigenvalue weighted by atomic mass is 35.5. The average Bonchev–Trinajstić information content (AvgIpc) is 3.16. The van der Waals surface area contributed by atoms with Crippen molar-refractivity contribution in [3.63, 3.8) is 0 Å². The van der Waals surface area contributed by atoms with Crippen LogP contribution in [0.1, 0.15) is 27.7 Å². The van der Waals surface area contributed by atoms with Crippen LogP contribution in [0, 0.1) is 0 Å². The number of carbonyl (C=O) groups is 1. The summed E-state index contributed by atoms with van der Waals surface area (Å²) in [6, 6.07) is 12.3. The van der Waals surface area contributed by atoms with Crippen molar-refractivity contribution >= 4 is 44.1 Å². The fourth-order valence-corrected chi connectivity index (χ4v) is 5.84. The van der Waals surface area contributed by atoms with Gasteiger partial charge in [0.2, 0.25) is 9.84 Å². The lowest BCUT2D eigenvalue weighted by Crippen LogP contribution is -2.50. The number of fused-ring (bicyclic) bond motifs is 1. The molecular weight excluding hydrogens is 474 g/mol. The van der Waals surface area contributed by atoms with Crippen molar-refractivity contribution < 1.29 is 17.9 Å². The number of carbonyl (C=O) groups excluding carboxylic acids is 1. The summed E-state index contributed by atoms with van der Waals surface area (Å²) in [7, 11) is -3.77. The van der Waals surface area contributed by atoms with Gasteiger partial charge in [0, 0.05) is 60.5 Å². The summed E-state index contributed by atoms with van der Waals surface area (Å²) >= 11 is 6.19. The Labute approximate surface area is 205 Å². The van der Waals surface area contributed by atoms with Crippen LogP contribution in [-0.2, 0) is 21.1 Å².